The van der Waals surface area contributed by atoms with Crippen LogP contribution in [-0.4, -0.2) is 47.4 Å². The summed E-state index contributed by atoms with van der Waals surface area (Å²) in [4.78, 5) is 33.8. The van der Waals surface area contributed by atoms with Gasteiger partial charge in [0.15, 0.2) is 5.60 Å². The first-order valence-electron chi connectivity index (χ1n) is 6.06. The molecule has 0 spiro atoms. The number of rotatable bonds is 5. The van der Waals surface area contributed by atoms with Crippen LogP contribution in [0.15, 0.2) is 18.2 Å². The van der Waals surface area contributed by atoms with Crippen LogP contribution >= 0.6 is 0 Å². The van der Waals surface area contributed by atoms with Gasteiger partial charge in [0.05, 0.1) is 24.9 Å². The molecule has 0 saturated carbocycles. The molecule has 8 nitrogen and oxygen atoms in total. The van der Waals surface area contributed by atoms with Gasteiger partial charge in [-0.2, -0.15) is 0 Å². The highest BCUT2D eigenvalue weighted by Gasteiger charge is 2.30. The Bertz CT molecular complexity index is 602. The highest BCUT2D eigenvalue weighted by atomic mass is 19.1. The number of methoxy groups -OCH3 is 1. The van der Waals surface area contributed by atoms with Gasteiger partial charge < -0.3 is 25.6 Å². The summed E-state index contributed by atoms with van der Waals surface area (Å²) in [6, 6.07) is 2.13. The quantitative estimate of drug-likeness (QED) is 0.589. The van der Waals surface area contributed by atoms with Crippen molar-refractivity contribution in [3.05, 3.63) is 29.6 Å². The highest BCUT2D eigenvalue weighted by molar-refractivity contribution is 6.00. The largest absolute Gasteiger partial charge is 0.479 e. The standard InChI is InChI=1S/C13H15FN2O6/c1-13(21,11(18)19)6-15-12(20)16-9-5-7(14)3-4-8(9)10(17)22-2/h3-5,21H,6H2,1-2H3,(H,18,19)(H2,15,16,20). The number of halogens is 1. The molecule has 1 unspecified atom stereocenters. The summed E-state index contributed by atoms with van der Waals surface area (Å²) in [5.41, 5.74) is -2.40. The fourth-order valence-electron chi connectivity index (χ4n) is 1.40. The molecule has 2 amide bonds. The second-order valence-corrected chi connectivity index (χ2v) is 4.57. The highest BCUT2D eigenvalue weighted by Crippen LogP contribution is 2.18. The van der Waals surface area contributed by atoms with E-state index >= 15 is 0 Å². The molecule has 0 aliphatic carbocycles. The number of carboxylic acids is 1. The van der Waals surface area contributed by atoms with Gasteiger partial charge in [-0.15, -0.1) is 0 Å². The number of esters is 1. The molecule has 0 heterocycles. The molecular weight excluding hydrogens is 299 g/mol. The lowest BCUT2D eigenvalue weighted by atomic mass is 10.1. The molecule has 1 aromatic rings. The second-order valence-electron chi connectivity index (χ2n) is 4.57. The molecule has 0 radical (unpaired) electrons. The minimum absolute atomic E-state index is 0.0796. The molecule has 4 N–H and O–H groups in total. The number of ether oxygens (including phenoxy) is 1. The maximum Gasteiger partial charge on any atom is 0.339 e. The molecular formula is C13H15FN2O6. The number of aliphatic carboxylic acids is 1. The van der Waals surface area contributed by atoms with E-state index in [1.54, 1.807) is 0 Å². The van der Waals surface area contributed by atoms with Crippen LogP contribution in [0.25, 0.3) is 0 Å². The van der Waals surface area contributed by atoms with Gasteiger partial charge >= 0.3 is 18.0 Å². The number of urea groups is 1. The van der Waals surface area contributed by atoms with Gasteiger partial charge in [-0.3, -0.25) is 0 Å². The number of amides is 2. The van der Waals surface area contributed by atoms with Crippen molar-refractivity contribution in [3.8, 4) is 0 Å². The van der Waals surface area contributed by atoms with Crippen molar-refractivity contribution in [2.75, 3.05) is 19.0 Å². The number of aliphatic hydroxyl groups is 1. The molecule has 1 atom stereocenters. The van der Waals surface area contributed by atoms with E-state index in [0.717, 1.165) is 32.2 Å². The fourth-order valence-corrected chi connectivity index (χ4v) is 1.40. The van der Waals surface area contributed by atoms with Crippen LogP contribution in [0.2, 0.25) is 0 Å². The molecule has 0 saturated heterocycles. The first kappa shape index (κ1) is 17.4. The number of anilines is 1. The number of carboxylic acid groups (broad SMARTS) is 1. The van der Waals surface area contributed by atoms with E-state index in [-0.39, 0.29) is 11.3 Å². The number of benzene rings is 1. The second kappa shape index (κ2) is 6.85. The summed E-state index contributed by atoms with van der Waals surface area (Å²) in [5, 5.41) is 22.4. The molecule has 1 rings (SSSR count). The molecule has 9 heteroatoms. The normalized spacial score (nSPS) is 12.9. The molecule has 1 aromatic carbocycles. The van der Waals surface area contributed by atoms with Crippen LogP contribution in [0.4, 0.5) is 14.9 Å². The van der Waals surface area contributed by atoms with Crippen molar-refractivity contribution in [1.82, 2.24) is 5.32 Å². The zero-order chi connectivity index (χ0) is 16.9. The summed E-state index contributed by atoms with van der Waals surface area (Å²) in [6.45, 7) is 0.411. The molecule has 22 heavy (non-hydrogen) atoms. The van der Waals surface area contributed by atoms with E-state index < -0.39 is 35.9 Å². The van der Waals surface area contributed by atoms with E-state index in [9.17, 15) is 23.9 Å². The first-order valence-corrected chi connectivity index (χ1v) is 6.06. The third-order valence-corrected chi connectivity index (χ3v) is 2.69. The maximum absolute atomic E-state index is 13.2. The van der Waals surface area contributed by atoms with Crippen molar-refractivity contribution in [1.29, 1.82) is 0 Å². The van der Waals surface area contributed by atoms with Gasteiger partial charge in [0.1, 0.15) is 5.82 Å². The van der Waals surface area contributed by atoms with Gasteiger partial charge in [0.25, 0.3) is 0 Å². The zero-order valence-corrected chi connectivity index (χ0v) is 11.8. The minimum atomic E-state index is -2.16. The molecule has 120 valence electrons. The smallest absolute Gasteiger partial charge is 0.339 e. The van der Waals surface area contributed by atoms with Crippen molar-refractivity contribution < 1.29 is 33.7 Å². The van der Waals surface area contributed by atoms with Crippen LogP contribution in [0.5, 0.6) is 0 Å². The average Bonchev–Trinajstić information content (AvgIpc) is 2.44. The van der Waals surface area contributed by atoms with Crippen LogP contribution in [-0.2, 0) is 9.53 Å². The molecule has 0 fully saturated rings. The number of nitrogens with one attached hydrogen (secondary N) is 2. The third-order valence-electron chi connectivity index (χ3n) is 2.69. The van der Waals surface area contributed by atoms with E-state index in [1.807, 2.05) is 0 Å². The summed E-state index contributed by atoms with van der Waals surface area (Å²) in [5.74, 6) is -3.00. The van der Waals surface area contributed by atoms with Crippen molar-refractivity contribution in [2.45, 2.75) is 12.5 Å². The lowest BCUT2D eigenvalue weighted by molar-refractivity contribution is -0.155. The Morgan fingerprint density at radius 2 is 2.00 bits per heavy atom. The minimum Gasteiger partial charge on any atom is -0.479 e. The monoisotopic (exact) mass is 314 g/mol. The van der Waals surface area contributed by atoms with Gasteiger partial charge in [0, 0.05) is 0 Å². The van der Waals surface area contributed by atoms with Crippen molar-refractivity contribution in [3.63, 3.8) is 0 Å². The summed E-state index contributed by atoms with van der Waals surface area (Å²) < 4.78 is 17.7. The molecule has 0 aliphatic heterocycles. The number of carbonyl (C=O) groups excluding carboxylic acids is 2. The predicted octanol–water partition coefficient (Wildman–Crippen LogP) is 0.569. The van der Waals surface area contributed by atoms with Gasteiger partial charge in [-0.1, -0.05) is 0 Å². The Hall–Kier alpha value is -2.68. The van der Waals surface area contributed by atoms with Crippen LogP contribution in [0, 0.1) is 5.82 Å². The Morgan fingerprint density at radius 1 is 1.36 bits per heavy atom. The average molecular weight is 314 g/mol. The Labute approximate surface area is 124 Å². The van der Waals surface area contributed by atoms with Crippen molar-refractivity contribution in [2.24, 2.45) is 0 Å². The molecule has 0 aliphatic rings. The number of carbonyl (C=O) groups is 3. The zero-order valence-electron chi connectivity index (χ0n) is 11.8. The lowest BCUT2D eigenvalue weighted by Gasteiger charge is -2.18. The Kier molecular flexibility index (Phi) is 5.41. The van der Waals surface area contributed by atoms with E-state index in [4.69, 9.17) is 5.11 Å². The SMILES string of the molecule is COC(=O)c1ccc(F)cc1NC(=O)NCC(C)(O)C(=O)O. The molecule has 0 bridgehead atoms. The van der Waals surface area contributed by atoms with Crippen LogP contribution in [0.3, 0.4) is 0 Å². The Balaban J connectivity index is 2.82. The molecule has 0 aromatic heterocycles. The van der Waals surface area contributed by atoms with Gasteiger partial charge in [-0.25, -0.2) is 18.8 Å². The van der Waals surface area contributed by atoms with Gasteiger partial charge in [-0.05, 0) is 25.1 Å². The van der Waals surface area contributed by atoms with Crippen LogP contribution < -0.4 is 10.6 Å². The maximum atomic E-state index is 13.2. The van der Waals surface area contributed by atoms with Crippen molar-refractivity contribution >= 4 is 23.7 Å². The third kappa shape index (κ3) is 4.42. The van der Waals surface area contributed by atoms with E-state index in [2.05, 4.69) is 15.4 Å². The fraction of sp³-hybridized carbons (Fsp3) is 0.308. The first-order chi connectivity index (χ1) is 10.2. The van der Waals surface area contributed by atoms with Crippen LogP contribution in [0.1, 0.15) is 17.3 Å². The van der Waals surface area contributed by atoms with Gasteiger partial charge in [0.2, 0.25) is 0 Å². The van der Waals surface area contributed by atoms with E-state index in [1.165, 1.54) is 0 Å². The summed E-state index contributed by atoms with van der Waals surface area (Å²) in [7, 11) is 1.12. The summed E-state index contributed by atoms with van der Waals surface area (Å²) in [6.07, 6.45) is 0. The topological polar surface area (TPSA) is 125 Å². The Morgan fingerprint density at radius 3 is 2.55 bits per heavy atom. The van der Waals surface area contributed by atoms with E-state index in [0.29, 0.717) is 0 Å². The summed E-state index contributed by atoms with van der Waals surface area (Å²) >= 11 is 0. The number of hydrogen-bond acceptors (Lipinski definition) is 5. The lowest BCUT2D eigenvalue weighted by Crippen LogP contribution is -2.47. The number of hydrogen-bond donors (Lipinski definition) is 4. The predicted molar refractivity (Wildman–Crippen MR) is 73.0 cm³/mol.